The van der Waals surface area contributed by atoms with Gasteiger partial charge in [0.15, 0.2) is 0 Å². The zero-order valence-corrected chi connectivity index (χ0v) is 10.0. The number of anilines is 1. The molecule has 88 valence electrons. The molecule has 0 aliphatic heterocycles. The fraction of sp³-hybridized carbons (Fsp3) is 0.583. The van der Waals surface area contributed by atoms with E-state index in [1.807, 2.05) is 12.1 Å². The van der Waals surface area contributed by atoms with Crippen LogP contribution in [0.3, 0.4) is 0 Å². The molecule has 2 rings (SSSR count). The Morgan fingerprint density at radius 2 is 2.06 bits per heavy atom. The number of nitrogens with one attached hydrogen (secondary N) is 1. The summed E-state index contributed by atoms with van der Waals surface area (Å²) in [6.07, 6.45) is 5.57. The lowest BCUT2D eigenvalue weighted by Gasteiger charge is -2.36. The highest BCUT2D eigenvalue weighted by Gasteiger charge is 2.31. The smallest absolute Gasteiger partial charge is 0.131 e. The van der Waals surface area contributed by atoms with E-state index >= 15 is 0 Å². The Morgan fingerprint density at radius 3 is 2.69 bits per heavy atom. The summed E-state index contributed by atoms with van der Waals surface area (Å²) in [6.45, 7) is 0.154. The van der Waals surface area contributed by atoms with E-state index in [4.69, 9.17) is 11.6 Å². The van der Waals surface area contributed by atoms with Crippen molar-refractivity contribution in [1.29, 1.82) is 0 Å². The zero-order chi connectivity index (χ0) is 11.4. The van der Waals surface area contributed by atoms with Crippen molar-refractivity contribution in [3.63, 3.8) is 0 Å². The van der Waals surface area contributed by atoms with Gasteiger partial charge in [0.1, 0.15) is 11.0 Å². The lowest BCUT2D eigenvalue weighted by molar-refractivity contribution is 0.172. The number of halogens is 1. The summed E-state index contributed by atoms with van der Waals surface area (Å²) in [5.41, 5.74) is -0.198. The molecule has 0 unspecified atom stereocenters. The third-order valence-corrected chi connectivity index (χ3v) is 3.43. The summed E-state index contributed by atoms with van der Waals surface area (Å²) in [7, 11) is 0. The summed E-state index contributed by atoms with van der Waals surface area (Å²) in [5, 5.41) is 13.4. The molecule has 1 aliphatic carbocycles. The van der Waals surface area contributed by atoms with Crippen molar-refractivity contribution in [2.75, 3.05) is 11.9 Å². The highest BCUT2D eigenvalue weighted by molar-refractivity contribution is 6.29. The van der Waals surface area contributed by atoms with Crippen LogP contribution < -0.4 is 5.32 Å². The molecular weight excluding hydrogens is 224 g/mol. The Balaban J connectivity index is 2.11. The summed E-state index contributed by atoms with van der Waals surface area (Å²) in [5.74, 6) is 0.753. The Labute approximate surface area is 101 Å². The lowest BCUT2D eigenvalue weighted by atomic mass is 9.82. The van der Waals surface area contributed by atoms with Crippen LogP contribution in [0.1, 0.15) is 32.1 Å². The highest BCUT2D eigenvalue weighted by atomic mass is 35.5. The molecule has 2 N–H and O–H groups in total. The van der Waals surface area contributed by atoms with E-state index < -0.39 is 0 Å². The van der Waals surface area contributed by atoms with Crippen molar-refractivity contribution in [3.8, 4) is 0 Å². The summed E-state index contributed by atoms with van der Waals surface area (Å²) in [4.78, 5) is 4.20. The SMILES string of the molecule is OCC1(Nc2cccc(Cl)n2)CCCCC1. The van der Waals surface area contributed by atoms with Crippen molar-refractivity contribution < 1.29 is 5.11 Å². The number of aliphatic hydroxyl groups is 1. The molecule has 0 bridgehead atoms. The number of aromatic nitrogens is 1. The van der Waals surface area contributed by atoms with E-state index in [2.05, 4.69) is 10.3 Å². The average molecular weight is 241 g/mol. The third-order valence-electron chi connectivity index (χ3n) is 3.22. The molecule has 0 atom stereocenters. The summed E-state index contributed by atoms with van der Waals surface area (Å²) < 4.78 is 0. The molecule has 1 fully saturated rings. The quantitative estimate of drug-likeness (QED) is 0.799. The first-order valence-corrected chi connectivity index (χ1v) is 6.14. The molecule has 16 heavy (non-hydrogen) atoms. The monoisotopic (exact) mass is 240 g/mol. The normalized spacial score (nSPS) is 19.4. The second-order valence-electron chi connectivity index (χ2n) is 4.47. The Kier molecular flexibility index (Phi) is 3.66. The second-order valence-corrected chi connectivity index (χ2v) is 4.86. The van der Waals surface area contributed by atoms with Gasteiger partial charge in [-0.15, -0.1) is 0 Å². The minimum atomic E-state index is -0.198. The van der Waals surface area contributed by atoms with Gasteiger partial charge in [-0.05, 0) is 25.0 Å². The van der Waals surface area contributed by atoms with Gasteiger partial charge >= 0.3 is 0 Å². The molecule has 0 saturated heterocycles. The van der Waals surface area contributed by atoms with Gasteiger partial charge in [0.2, 0.25) is 0 Å². The van der Waals surface area contributed by atoms with E-state index in [9.17, 15) is 5.11 Å². The molecule has 3 nitrogen and oxygen atoms in total. The van der Waals surface area contributed by atoms with E-state index in [-0.39, 0.29) is 12.1 Å². The van der Waals surface area contributed by atoms with Crippen LogP contribution in [-0.2, 0) is 0 Å². The molecule has 1 aromatic rings. The molecule has 1 saturated carbocycles. The molecule has 1 aromatic heterocycles. The zero-order valence-electron chi connectivity index (χ0n) is 9.25. The number of hydrogen-bond acceptors (Lipinski definition) is 3. The van der Waals surface area contributed by atoms with Crippen molar-refractivity contribution in [1.82, 2.24) is 4.98 Å². The molecule has 0 aromatic carbocycles. The lowest BCUT2D eigenvalue weighted by Crippen LogP contribution is -2.44. The van der Waals surface area contributed by atoms with E-state index in [0.717, 1.165) is 31.5 Å². The number of hydrogen-bond donors (Lipinski definition) is 2. The predicted octanol–water partition coefficient (Wildman–Crippen LogP) is 2.84. The van der Waals surface area contributed by atoms with Crippen LogP contribution in [-0.4, -0.2) is 22.2 Å². The molecule has 0 amide bonds. The minimum absolute atomic E-state index is 0.154. The van der Waals surface area contributed by atoms with Crippen LogP contribution in [0.4, 0.5) is 5.82 Å². The maximum Gasteiger partial charge on any atom is 0.131 e. The third kappa shape index (κ3) is 2.66. The molecule has 1 heterocycles. The fourth-order valence-electron chi connectivity index (χ4n) is 2.30. The van der Waals surface area contributed by atoms with Crippen LogP contribution in [0.2, 0.25) is 5.15 Å². The van der Waals surface area contributed by atoms with Crippen LogP contribution in [0.25, 0.3) is 0 Å². The summed E-state index contributed by atoms with van der Waals surface area (Å²) in [6, 6.07) is 5.50. The van der Waals surface area contributed by atoms with Crippen molar-refractivity contribution in [2.45, 2.75) is 37.6 Å². The van der Waals surface area contributed by atoms with Gasteiger partial charge in [-0.1, -0.05) is 36.9 Å². The van der Waals surface area contributed by atoms with Crippen molar-refractivity contribution in [2.24, 2.45) is 0 Å². The van der Waals surface area contributed by atoms with Crippen LogP contribution in [0.15, 0.2) is 18.2 Å². The number of nitrogens with zero attached hydrogens (tertiary/aromatic N) is 1. The minimum Gasteiger partial charge on any atom is -0.394 e. The van der Waals surface area contributed by atoms with Crippen LogP contribution in [0.5, 0.6) is 0 Å². The first kappa shape index (κ1) is 11.7. The van der Waals surface area contributed by atoms with Gasteiger partial charge in [-0.25, -0.2) is 4.98 Å². The maximum absolute atomic E-state index is 9.55. The number of aliphatic hydroxyl groups excluding tert-OH is 1. The van der Waals surface area contributed by atoms with Gasteiger partial charge in [0, 0.05) is 0 Å². The van der Waals surface area contributed by atoms with Crippen LogP contribution in [0, 0.1) is 0 Å². The number of rotatable bonds is 3. The van der Waals surface area contributed by atoms with Crippen LogP contribution >= 0.6 is 11.6 Å². The predicted molar refractivity (Wildman–Crippen MR) is 65.8 cm³/mol. The maximum atomic E-state index is 9.55. The Hall–Kier alpha value is -0.800. The molecule has 1 aliphatic rings. The van der Waals surface area contributed by atoms with E-state index in [1.165, 1.54) is 6.42 Å². The molecule has 0 spiro atoms. The first-order chi connectivity index (χ1) is 7.74. The Morgan fingerprint density at radius 1 is 1.31 bits per heavy atom. The summed E-state index contributed by atoms with van der Waals surface area (Å²) >= 11 is 5.84. The van der Waals surface area contributed by atoms with E-state index in [1.54, 1.807) is 6.07 Å². The molecular formula is C12H17ClN2O. The average Bonchev–Trinajstić information content (AvgIpc) is 2.30. The fourth-order valence-corrected chi connectivity index (χ4v) is 2.46. The van der Waals surface area contributed by atoms with Gasteiger partial charge < -0.3 is 10.4 Å². The van der Waals surface area contributed by atoms with Gasteiger partial charge in [0.05, 0.1) is 12.1 Å². The Bertz CT molecular complexity index is 351. The van der Waals surface area contributed by atoms with Crippen molar-refractivity contribution >= 4 is 17.4 Å². The topological polar surface area (TPSA) is 45.1 Å². The van der Waals surface area contributed by atoms with Gasteiger partial charge in [-0.2, -0.15) is 0 Å². The van der Waals surface area contributed by atoms with Gasteiger partial charge in [0.25, 0.3) is 0 Å². The largest absolute Gasteiger partial charge is 0.394 e. The highest BCUT2D eigenvalue weighted by Crippen LogP contribution is 2.31. The molecule has 0 radical (unpaired) electrons. The molecule has 4 heteroatoms. The second kappa shape index (κ2) is 5.02. The number of pyridine rings is 1. The van der Waals surface area contributed by atoms with Gasteiger partial charge in [-0.3, -0.25) is 0 Å². The van der Waals surface area contributed by atoms with Crippen molar-refractivity contribution in [3.05, 3.63) is 23.4 Å². The van der Waals surface area contributed by atoms with E-state index in [0.29, 0.717) is 5.15 Å². The first-order valence-electron chi connectivity index (χ1n) is 5.76. The standard InChI is InChI=1S/C12H17ClN2O/c13-10-5-4-6-11(14-10)15-12(9-16)7-2-1-3-8-12/h4-6,16H,1-3,7-9H2,(H,14,15).